The van der Waals surface area contributed by atoms with Crippen molar-refractivity contribution in [3.8, 4) is 0 Å². The summed E-state index contributed by atoms with van der Waals surface area (Å²) < 4.78 is 1.19. The van der Waals surface area contributed by atoms with Crippen LogP contribution >= 0.6 is 15.9 Å². The summed E-state index contributed by atoms with van der Waals surface area (Å²) in [6.07, 6.45) is 1.95. The molecule has 0 aliphatic heterocycles. The lowest BCUT2D eigenvalue weighted by molar-refractivity contribution is 0.311. The van der Waals surface area contributed by atoms with E-state index in [1.54, 1.807) is 0 Å². The fourth-order valence-electron chi connectivity index (χ4n) is 1.76. The van der Waals surface area contributed by atoms with E-state index in [-0.39, 0.29) is 0 Å². The molecule has 1 aromatic carbocycles. The van der Waals surface area contributed by atoms with Crippen molar-refractivity contribution in [2.45, 2.75) is 20.0 Å². The first kappa shape index (κ1) is 14.4. The summed E-state index contributed by atoms with van der Waals surface area (Å²) >= 11 is 3.65. The third kappa shape index (κ3) is 4.62. The van der Waals surface area contributed by atoms with Gasteiger partial charge in [-0.25, -0.2) is 0 Å². The molecule has 1 rings (SSSR count). The molecule has 0 heterocycles. The lowest BCUT2D eigenvalue weighted by atomic mass is 10.1. The zero-order valence-corrected chi connectivity index (χ0v) is 12.3. The zero-order chi connectivity index (χ0) is 12.7. The van der Waals surface area contributed by atoms with E-state index >= 15 is 0 Å². The van der Waals surface area contributed by atoms with Crippen LogP contribution in [0.1, 0.15) is 18.1 Å². The van der Waals surface area contributed by atoms with E-state index in [0.717, 1.165) is 26.2 Å². The molecule has 0 saturated heterocycles. The summed E-state index contributed by atoms with van der Waals surface area (Å²) in [5.74, 6) is 0. The van der Waals surface area contributed by atoms with Gasteiger partial charge in [0.2, 0.25) is 0 Å². The molecule has 0 bridgehead atoms. The van der Waals surface area contributed by atoms with Crippen LogP contribution in [0.25, 0.3) is 0 Å². The Morgan fingerprint density at radius 1 is 1.47 bits per heavy atom. The zero-order valence-electron chi connectivity index (χ0n) is 10.7. The maximum atomic E-state index is 3.79. The molecule has 1 aromatic rings. The van der Waals surface area contributed by atoms with Gasteiger partial charge in [-0.1, -0.05) is 41.1 Å². The normalized spacial score (nSPS) is 10.8. The lowest BCUT2D eigenvalue weighted by Crippen LogP contribution is -2.23. The molecule has 0 saturated carbocycles. The minimum Gasteiger partial charge on any atom is -0.316 e. The Kier molecular flexibility index (Phi) is 6.48. The van der Waals surface area contributed by atoms with Gasteiger partial charge in [0.05, 0.1) is 0 Å². The quantitative estimate of drug-likeness (QED) is 0.778. The van der Waals surface area contributed by atoms with Crippen molar-refractivity contribution in [1.82, 2.24) is 10.2 Å². The van der Waals surface area contributed by atoms with Crippen LogP contribution in [0.15, 0.2) is 35.3 Å². The molecule has 94 valence electrons. The topological polar surface area (TPSA) is 15.3 Å². The van der Waals surface area contributed by atoms with Gasteiger partial charge in [0.15, 0.2) is 0 Å². The highest BCUT2D eigenvalue weighted by molar-refractivity contribution is 9.10. The first-order chi connectivity index (χ1) is 8.21. The van der Waals surface area contributed by atoms with Crippen molar-refractivity contribution in [2.75, 3.05) is 20.1 Å². The molecule has 0 aliphatic carbocycles. The molecule has 0 fully saturated rings. The molecule has 0 radical (unpaired) electrons. The molecule has 3 heteroatoms. The Morgan fingerprint density at radius 3 is 2.76 bits per heavy atom. The Morgan fingerprint density at radius 2 is 2.24 bits per heavy atom. The summed E-state index contributed by atoms with van der Waals surface area (Å²) in [6.45, 7) is 9.80. The van der Waals surface area contributed by atoms with Crippen LogP contribution in [-0.2, 0) is 13.1 Å². The number of benzene rings is 1. The van der Waals surface area contributed by atoms with Crippen LogP contribution in [-0.4, -0.2) is 25.0 Å². The van der Waals surface area contributed by atoms with Gasteiger partial charge in [-0.15, -0.1) is 6.58 Å². The summed E-state index contributed by atoms with van der Waals surface area (Å²) in [6, 6.07) is 6.56. The second-order valence-electron chi connectivity index (χ2n) is 4.07. The third-order valence-corrected chi connectivity index (χ3v) is 3.47. The number of nitrogens with one attached hydrogen (secondary N) is 1. The SMILES string of the molecule is C=CCN(CC)Cc1ccc(CNC)cc1Br. The van der Waals surface area contributed by atoms with Crippen molar-refractivity contribution in [3.05, 3.63) is 46.5 Å². The van der Waals surface area contributed by atoms with Gasteiger partial charge < -0.3 is 5.32 Å². The Balaban J connectivity index is 2.73. The molecule has 17 heavy (non-hydrogen) atoms. The van der Waals surface area contributed by atoms with E-state index in [4.69, 9.17) is 0 Å². The fourth-order valence-corrected chi connectivity index (χ4v) is 2.31. The van der Waals surface area contributed by atoms with Gasteiger partial charge >= 0.3 is 0 Å². The molecule has 2 nitrogen and oxygen atoms in total. The standard InChI is InChI=1S/C14H21BrN2/c1-4-8-17(5-2)11-13-7-6-12(10-16-3)9-14(13)15/h4,6-7,9,16H,1,5,8,10-11H2,2-3H3. The van der Waals surface area contributed by atoms with Crippen molar-refractivity contribution in [1.29, 1.82) is 0 Å². The Hall–Kier alpha value is -0.640. The van der Waals surface area contributed by atoms with Crippen molar-refractivity contribution in [3.63, 3.8) is 0 Å². The van der Waals surface area contributed by atoms with Crippen molar-refractivity contribution >= 4 is 15.9 Å². The van der Waals surface area contributed by atoms with E-state index in [0.29, 0.717) is 0 Å². The van der Waals surface area contributed by atoms with E-state index in [1.807, 2.05) is 13.1 Å². The molecule has 0 aliphatic rings. The number of hydrogen-bond donors (Lipinski definition) is 1. The summed E-state index contributed by atoms with van der Waals surface area (Å²) in [4.78, 5) is 2.35. The van der Waals surface area contributed by atoms with Crippen LogP contribution in [0.4, 0.5) is 0 Å². The van der Waals surface area contributed by atoms with Gasteiger partial charge in [-0.3, -0.25) is 4.90 Å². The molecular weight excluding hydrogens is 276 g/mol. The van der Waals surface area contributed by atoms with Crippen LogP contribution in [0.3, 0.4) is 0 Å². The van der Waals surface area contributed by atoms with Crippen LogP contribution < -0.4 is 5.32 Å². The first-order valence-corrected chi connectivity index (χ1v) is 6.75. The van der Waals surface area contributed by atoms with Crippen LogP contribution in [0, 0.1) is 0 Å². The smallest absolute Gasteiger partial charge is 0.0248 e. The van der Waals surface area contributed by atoms with Gasteiger partial charge in [-0.2, -0.15) is 0 Å². The minimum absolute atomic E-state index is 0.906. The second kappa shape index (κ2) is 7.64. The molecule has 0 atom stereocenters. The molecule has 0 aromatic heterocycles. The van der Waals surface area contributed by atoms with E-state index in [9.17, 15) is 0 Å². The van der Waals surface area contributed by atoms with Crippen LogP contribution in [0.5, 0.6) is 0 Å². The first-order valence-electron chi connectivity index (χ1n) is 5.96. The monoisotopic (exact) mass is 296 g/mol. The minimum atomic E-state index is 0.906. The predicted molar refractivity (Wildman–Crippen MR) is 78.1 cm³/mol. The summed E-state index contributed by atoms with van der Waals surface area (Å²) in [5, 5.41) is 3.16. The van der Waals surface area contributed by atoms with Crippen LogP contribution in [0.2, 0.25) is 0 Å². The molecule has 1 N–H and O–H groups in total. The average Bonchev–Trinajstić information content (AvgIpc) is 2.32. The highest BCUT2D eigenvalue weighted by atomic mass is 79.9. The van der Waals surface area contributed by atoms with Gasteiger partial charge in [-0.05, 0) is 30.8 Å². The fraction of sp³-hybridized carbons (Fsp3) is 0.429. The molecule has 0 spiro atoms. The Labute approximate surface area is 113 Å². The number of likely N-dealkylation sites (N-methyl/N-ethyl adjacent to an activating group) is 1. The second-order valence-corrected chi connectivity index (χ2v) is 4.93. The van der Waals surface area contributed by atoms with Gasteiger partial charge in [0, 0.05) is 24.1 Å². The highest BCUT2D eigenvalue weighted by Crippen LogP contribution is 2.20. The maximum Gasteiger partial charge on any atom is 0.0248 e. The number of nitrogens with zero attached hydrogens (tertiary/aromatic N) is 1. The average molecular weight is 297 g/mol. The maximum absolute atomic E-state index is 3.79. The summed E-state index contributed by atoms with van der Waals surface area (Å²) in [7, 11) is 1.96. The van der Waals surface area contributed by atoms with Gasteiger partial charge in [0.1, 0.15) is 0 Å². The van der Waals surface area contributed by atoms with E-state index in [2.05, 4.69) is 57.8 Å². The predicted octanol–water partition coefficient (Wildman–Crippen LogP) is 3.18. The number of halogens is 1. The van der Waals surface area contributed by atoms with Crippen molar-refractivity contribution in [2.24, 2.45) is 0 Å². The van der Waals surface area contributed by atoms with Gasteiger partial charge in [0.25, 0.3) is 0 Å². The highest BCUT2D eigenvalue weighted by Gasteiger charge is 2.06. The van der Waals surface area contributed by atoms with E-state index < -0.39 is 0 Å². The van der Waals surface area contributed by atoms with Crippen molar-refractivity contribution < 1.29 is 0 Å². The molecule has 0 unspecified atom stereocenters. The lowest BCUT2D eigenvalue weighted by Gasteiger charge is -2.19. The Bertz CT molecular complexity index is 363. The third-order valence-electron chi connectivity index (χ3n) is 2.73. The van der Waals surface area contributed by atoms with E-state index in [1.165, 1.54) is 15.6 Å². The largest absolute Gasteiger partial charge is 0.316 e. The summed E-state index contributed by atoms with van der Waals surface area (Å²) in [5.41, 5.74) is 2.63. The number of rotatable bonds is 7. The molecule has 0 amide bonds. The number of hydrogen-bond acceptors (Lipinski definition) is 2. The molecular formula is C14H21BrN2.